The minimum Gasteiger partial charge on any atom is -0.481 e. The van der Waals surface area contributed by atoms with Gasteiger partial charge in [-0.05, 0) is 20.4 Å². The largest absolute Gasteiger partial charge is 0.481 e. The Kier molecular flexibility index (Phi) is 5.78. The molecule has 1 unspecified atom stereocenters. The van der Waals surface area contributed by atoms with Gasteiger partial charge in [-0.2, -0.15) is 0 Å². The summed E-state index contributed by atoms with van der Waals surface area (Å²) in [5.74, 6) is -1.35. The van der Waals surface area contributed by atoms with E-state index in [0.29, 0.717) is 36.5 Å². The standard InChI is InChI=1S/C14H21N3O4/c1-5-16(7-10(3)14(18)19)8-12-11(4)13(17(20)21)9(2)6-15-12/h6,10H,5,7-8H2,1-4H3,(H,18,19). The highest BCUT2D eigenvalue weighted by atomic mass is 16.6. The third-order valence-corrected chi connectivity index (χ3v) is 3.53. The Labute approximate surface area is 123 Å². The highest BCUT2D eigenvalue weighted by Crippen LogP contribution is 2.24. The predicted octanol–water partition coefficient (Wildman–Crippen LogP) is 2.15. The lowest BCUT2D eigenvalue weighted by molar-refractivity contribution is -0.386. The second-order valence-electron chi connectivity index (χ2n) is 5.19. The van der Waals surface area contributed by atoms with E-state index in [4.69, 9.17) is 5.11 Å². The number of nitro groups is 1. The van der Waals surface area contributed by atoms with Crippen LogP contribution in [-0.2, 0) is 11.3 Å². The molecule has 7 nitrogen and oxygen atoms in total. The zero-order chi connectivity index (χ0) is 16.2. The van der Waals surface area contributed by atoms with Gasteiger partial charge >= 0.3 is 5.97 Å². The Morgan fingerprint density at radius 2 is 2.14 bits per heavy atom. The summed E-state index contributed by atoms with van der Waals surface area (Å²) in [6.45, 7) is 8.35. The van der Waals surface area contributed by atoms with E-state index >= 15 is 0 Å². The van der Waals surface area contributed by atoms with Gasteiger partial charge in [-0.15, -0.1) is 0 Å². The minimum absolute atomic E-state index is 0.0855. The van der Waals surface area contributed by atoms with E-state index in [1.54, 1.807) is 20.8 Å². The van der Waals surface area contributed by atoms with E-state index in [1.807, 2.05) is 11.8 Å². The molecule has 0 spiro atoms. The van der Waals surface area contributed by atoms with Crippen molar-refractivity contribution in [1.29, 1.82) is 0 Å². The average molecular weight is 295 g/mol. The number of nitrogens with zero attached hydrogens (tertiary/aromatic N) is 3. The van der Waals surface area contributed by atoms with Crippen LogP contribution >= 0.6 is 0 Å². The summed E-state index contributed by atoms with van der Waals surface area (Å²) in [6.07, 6.45) is 1.49. The number of hydrogen-bond donors (Lipinski definition) is 1. The highest BCUT2D eigenvalue weighted by molar-refractivity contribution is 5.69. The second-order valence-corrected chi connectivity index (χ2v) is 5.19. The smallest absolute Gasteiger partial charge is 0.307 e. The van der Waals surface area contributed by atoms with Crippen LogP contribution < -0.4 is 0 Å². The Morgan fingerprint density at radius 1 is 1.52 bits per heavy atom. The molecule has 0 radical (unpaired) electrons. The third-order valence-electron chi connectivity index (χ3n) is 3.53. The fourth-order valence-corrected chi connectivity index (χ4v) is 2.19. The molecule has 116 valence electrons. The Hall–Kier alpha value is -2.02. The normalized spacial score (nSPS) is 12.4. The summed E-state index contributed by atoms with van der Waals surface area (Å²) in [6, 6.07) is 0. The number of carboxylic acid groups (broad SMARTS) is 1. The quantitative estimate of drug-likeness (QED) is 0.611. The fraction of sp³-hybridized carbons (Fsp3) is 0.571. The molecule has 0 bridgehead atoms. The molecule has 7 heteroatoms. The van der Waals surface area contributed by atoms with E-state index < -0.39 is 16.8 Å². The third kappa shape index (κ3) is 4.22. The first kappa shape index (κ1) is 17.0. The first-order chi connectivity index (χ1) is 9.77. The molecular formula is C14H21N3O4. The van der Waals surface area contributed by atoms with Gasteiger partial charge in [0.05, 0.1) is 16.5 Å². The zero-order valence-electron chi connectivity index (χ0n) is 12.8. The second kappa shape index (κ2) is 7.12. The molecule has 0 aliphatic rings. The van der Waals surface area contributed by atoms with Crippen LogP contribution in [0.25, 0.3) is 0 Å². The average Bonchev–Trinajstić information content (AvgIpc) is 2.40. The molecule has 0 saturated carbocycles. The number of pyridine rings is 1. The highest BCUT2D eigenvalue weighted by Gasteiger charge is 2.21. The number of hydrogen-bond acceptors (Lipinski definition) is 5. The topological polar surface area (TPSA) is 96.6 Å². The predicted molar refractivity (Wildman–Crippen MR) is 78.1 cm³/mol. The van der Waals surface area contributed by atoms with Crippen LogP contribution in [0.2, 0.25) is 0 Å². The summed E-state index contributed by atoms with van der Waals surface area (Å²) in [4.78, 5) is 27.8. The SMILES string of the molecule is CCN(Cc1ncc(C)c([N+](=O)[O-])c1C)CC(C)C(=O)O. The summed E-state index contributed by atoms with van der Waals surface area (Å²) in [7, 11) is 0. The Morgan fingerprint density at radius 3 is 2.62 bits per heavy atom. The number of carbonyl (C=O) groups is 1. The monoisotopic (exact) mass is 295 g/mol. The maximum atomic E-state index is 11.1. The number of rotatable bonds is 7. The van der Waals surface area contributed by atoms with E-state index in [-0.39, 0.29) is 5.69 Å². The van der Waals surface area contributed by atoms with Crippen LogP contribution in [0.4, 0.5) is 5.69 Å². The van der Waals surface area contributed by atoms with Crippen LogP contribution in [0.3, 0.4) is 0 Å². The van der Waals surface area contributed by atoms with Crippen molar-refractivity contribution in [2.45, 2.75) is 34.2 Å². The lowest BCUT2D eigenvalue weighted by Crippen LogP contribution is -2.32. The summed E-state index contributed by atoms with van der Waals surface area (Å²) < 4.78 is 0. The molecule has 1 rings (SSSR count). The first-order valence-corrected chi connectivity index (χ1v) is 6.82. The van der Waals surface area contributed by atoms with Gasteiger partial charge in [0.15, 0.2) is 0 Å². The maximum absolute atomic E-state index is 11.1. The molecule has 0 fully saturated rings. The molecule has 1 heterocycles. The molecule has 0 aliphatic carbocycles. The summed E-state index contributed by atoms with van der Waals surface area (Å²) >= 11 is 0. The molecule has 0 aliphatic heterocycles. The van der Waals surface area contributed by atoms with Crippen LogP contribution in [0.15, 0.2) is 6.20 Å². The number of aliphatic carboxylic acids is 1. The molecule has 0 amide bonds. The lowest BCUT2D eigenvalue weighted by atomic mass is 10.1. The van der Waals surface area contributed by atoms with E-state index in [1.165, 1.54) is 6.20 Å². The zero-order valence-corrected chi connectivity index (χ0v) is 12.8. The van der Waals surface area contributed by atoms with Crippen LogP contribution in [-0.4, -0.2) is 39.0 Å². The molecule has 0 aromatic carbocycles. The van der Waals surface area contributed by atoms with Crippen molar-refractivity contribution in [3.05, 3.63) is 33.1 Å². The summed E-state index contributed by atoms with van der Waals surface area (Å²) in [5.41, 5.74) is 1.78. The Balaban J connectivity index is 2.98. The minimum atomic E-state index is -0.854. The molecule has 0 saturated heterocycles. The molecular weight excluding hydrogens is 274 g/mol. The van der Waals surface area contributed by atoms with Crippen LogP contribution in [0.5, 0.6) is 0 Å². The van der Waals surface area contributed by atoms with E-state index in [9.17, 15) is 14.9 Å². The van der Waals surface area contributed by atoms with Crippen molar-refractivity contribution in [2.75, 3.05) is 13.1 Å². The van der Waals surface area contributed by atoms with Crippen molar-refractivity contribution in [1.82, 2.24) is 9.88 Å². The molecule has 21 heavy (non-hydrogen) atoms. The lowest BCUT2D eigenvalue weighted by Gasteiger charge is -2.22. The van der Waals surface area contributed by atoms with E-state index in [0.717, 1.165) is 0 Å². The van der Waals surface area contributed by atoms with Gasteiger partial charge in [-0.25, -0.2) is 0 Å². The van der Waals surface area contributed by atoms with Crippen LogP contribution in [0, 0.1) is 29.9 Å². The van der Waals surface area contributed by atoms with Crippen molar-refractivity contribution < 1.29 is 14.8 Å². The van der Waals surface area contributed by atoms with Crippen molar-refractivity contribution >= 4 is 11.7 Å². The van der Waals surface area contributed by atoms with Crippen LogP contribution in [0.1, 0.15) is 30.7 Å². The van der Waals surface area contributed by atoms with E-state index in [2.05, 4.69) is 4.98 Å². The van der Waals surface area contributed by atoms with Crippen molar-refractivity contribution in [3.8, 4) is 0 Å². The van der Waals surface area contributed by atoms with Gasteiger partial charge in [-0.1, -0.05) is 13.8 Å². The Bertz CT molecular complexity index is 545. The van der Waals surface area contributed by atoms with Crippen molar-refractivity contribution in [3.63, 3.8) is 0 Å². The molecule has 1 aromatic heterocycles. The molecule has 1 N–H and O–H groups in total. The van der Waals surface area contributed by atoms with Gasteiger partial charge in [0.2, 0.25) is 0 Å². The van der Waals surface area contributed by atoms with Crippen molar-refractivity contribution in [2.24, 2.45) is 5.92 Å². The molecule has 1 aromatic rings. The van der Waals surface area contributed by atoms with Gasteiger partial charge in [-0.3, -0.25) is 24.8 Å². The number of carboxylic acids is 1. The number of aryl methyl sites for hydroxylation is 1. The fourth-order valence-electron chi connectivity index (χ4n) is 2.19. The summed E-state index contributed by atoms with van der Waals surface area (Å²) in [5, 5.41) is 20.1. The van der Waals surface area contributed by atoms with Gasteiger partial charge in [0.25, 0.3) is 5.69 Å². The van der Waals surface area contributed by atoms with Gasteiger partial charge < -0.3 is 5.11 Å². The first-order valence-electron chi connectivity index (χ1n) is 6.82. The van der Waals surface area contributed by atoms with Gasteiger partial charge in [0, 0.05) is 30.4 Å². The van der Waals surface area contributed by atoms with Gasteiger partial charge in [0.1, 0.15) is 0 Å². The number of aromatic nitrogens is 1. The maximum Gasteiger partial charge on any atom is 0.307 e. The molecule has 1 atom stereocenters.